The molecular weight excluding hydrogens is 294 g/mol. The van der Waals surface area contributed by atoms with Crippen LogP contribution >= 0.6 is 11.6 Å². The number of carbonyl (C=O) groups excluding carboxylic acids is 1. The molecule has 1 N–H and O–H groups in total. The van der Waals surface area contributed by atoms with Gasteiger partial charge in [0.15, 0.2) is 6.04 Å². The van der Waals surface area contributed by atoms with Gasteiger partial charge in [0.1, 0.15) is 0 Å². The average molecular weight is 306 g/mol. The Hall–Kier alpha value is -1.73. The summed E-state index contributed by atoms with van der Waals surface area (Å²) in [4.78, 5) is 19.9. The molecule has 1 aromatic carbocycles. The first-order valence-corrected chi connectivity index (χ1v) is 6.47. The van der Waals surface area contributed by atoms with Crippen molar-refractivity contribution in [3.05, 3.63) is 35.9 Å². The number of benzene rings is 1. The first-order valence-electron chi connectivity index (χ1n) is 5.06. The van der Waals surface area contributed by atoms with Gasteiger partial charge in [-0.3, -0.25) is 4.79 Å². The number of carbonyl (C=O) groups is 2. The van der Waals surface area contributed by atoms with Gasteiger partial charge in [-0.15, -0.1) is 0 Å². The molecule has 1 atom stereocenters. The number of hydrogen-bond donors (Lipinski definition) is 1. The van der Waals surface area contributed by atoms with E-state index in [4.69, 9.17) is 5.11 Å². The molecule has 0 aromatic heterocycles. The fourth-order valence-electron chi connectivity index (χ4n) is 1.11. The predicted octanol–water partition coefficient (Wildman–Crippen LogP) is 1.52. The molecule has 19 heavy (non-hydrogen) atoms. The number of hydrogen-bond acceptors (Lipinski definition) is 5. The molecule has 0 aliphatic carbocycles. The van der Waals surface area contributed by atoms with E-state index >= 15 is 0 Å². The fraction of sp³-hybridized carbons (Fsp3) is 0.273. The molecule has 0 fully saturated rings. The molecular formula is C11H12ClNO5S. The van der Waals surface area contributed by atoms with E-state index in [0.29, 0.717) is 0 Å². The Morgan fingerprint density at radius 1 is 1.32 bits per heavy atom. The van der Waals surface area contributed by atoms with Crippen molar-refractivity contribution in [1.82, 2.24) is 0 Å². The maximum atomic E-state index is 10.7. The van der Waals surface area contributed by atoms with Crippen molar-refractivity contribution in [3.63, 3.8) is 0 Å². The summed E-state index contributed by atoms with van der Waals surface area (Å²) in [5, 5.41) is 8.36. The summed E-state index contributed by atoms with van der Waals surface area (Å²) in [6.45, 7) is 1.29. The van der Waals surface area contributed by atoms with Gasteiger partial charge in [0.2, 0.25) is 5.24 Å². The summed E-state index contributed by atoms with van der Waals surface area (Å²) in [7, 11) is -2.70. The van der Waals surface area contributed by atoms with Crippen molar-refractivity contribution >= 4 is 33.3 Å². The SMILES string of the molecule is CC(=O)Cl.O=C(O)C(Cc1ccccc1)N=S(=O)=O. The summed E-state index contributed by atoms with van der Waals surface area (Å²) < 4.78 is 23.6. The lowest BCUT2D eigenvalue weighted by molar-refractivity contribution is -0.138. The molecule has 1 unspecified atom stereocenters. The number of nitrogens with zero attached hydrogens (tertiary/aromatic N) is 1. The van der Waals surface area contributed by atoms with Crippen molar-refractivity contribution < 1.29 is 23.1 Å². The third-order valence-electron chi connectivity index (χ3n) is 1.77. The van der Waals surface area contributed by atoms with Crippen LogP contribution in [0.25, 0.3) is 0 Å². The van der Waals surface area contributed by atoms with E-state index in [1.165, 1.54) is 6.92 Å². The van der Waals surface area contributed by atoms with Crippen molar-refractivity contribution in [1.29, 1.82) is 0 Å². The molecule has 1 aromatic rings. The van der Waals surface area contributed by atoms with Crippen molar-refractivity contribution in [2.45, 2.75) is 19.4 Å². The number of halogens is 1. The second-order valence-corrected chi connectivity index (χ2v) is 4.51. The largest absolute Gasteiger partial charge is 0.480 e. The lowest BCUT2D eigenvalue weighted by Crippen LogP contribution is -2.20. The number of aliphatic carboxylic acids is 1. The monoisotopic (exact) mass is 305 g/mol. The number of rotatable bonds is 4. The minimum absolute atomic E-state index is 0.0736. The third-order valence-corrected chi connectivity index (χ3v) is 2.20. The zero-order valence-corrected chi connectivity index (χ0v) is 11.6. The van der Waals surface area contributed by atoms with Gasteiger partial charge < -0.3 is 5.11 Å². The van der Waals surface area contributed by atoms with Crippen LogP contribution in [0.5, 0.6) is 0 Å². The summed E-state index contributed by atoms with van der Waals surface area (Å²) in [6, 6.07) is 7.50. The van der Waals surface area contributed by atoms with Crippen molar-refractivity contribution in [3.8, 4) is 0 Å². The average Bonchev–Trinajstić information content (AvgIpc) is 2.28. The van der Waals surface area contributed by atoms with Gasteiger partial charge in [0.25, 0.3) is 0 Å². The third kappa shape index (κ3) is 9.93. The molecule has 6 nitrogen and oxygen atoms in total. The summed E-state index contributed by atoms with van der Waals surface area (Å²) in [5.41, 5.74) is 0.735. The first kappa shape index (κ1) is 17.3. The van der Waals surface area contributed by atoms with E-state index in [2.05, 4.69) is 16.0 Å². The standard InChI is InChI=1S/C9H9NO4S.C2H3ClO/c11-9(12)8(10-15(13)14)6-7-4-2-1-3-5-7;1-2(3)4/h1-5,8H,6H2,(H,11,12);1H3. The van der Waals surface area contributed by atoms with E-state index in [0.717, 1.165) is 5.56 Å². The second-order valence-electron chi connectivity index (χ2n) is 3.34. The molecule has 0 bridgehead atoms. The van der Waals surface area contributed by atoms with E-state index in [9.17, 15) is 18.0 Å². The Bertz CT molecular complexity index is 544. The molecule has 0 saturated carbocycles. The summed E-state index contributed by atoms with van der Waals surface area (Å²) >= 11 is 4.64. The minimum Gasteiger partial charge on any atom is -0.480 e. The molecule has 0 radical (unpaired) electrons. The Kier molecular flexibility index (Phi) is 8.39. The molecule has 0 amide bonds. The Labute approximate surface area is 116 Å². The van der Waals surface area contributed by atoms with Crippen LogP contribution in [0.4, 0.5) is 0 Å². The topological polar surface area (TPSA) is 101 Å². The van der Waals surface area contributed by atoms with Gasteiger partial charge in [-0.25, -0.2) is 4.79 Å². The van der Waals surface area contributed by atoms with Crippen LogP contribution in [0.2, 0.25) is 0 Å². The summed E-state index contributed by atoms with van der Waals surface area (Å²) in [5.74, 6) is -1.25. The van der Waals surface area contributed by atoms with Gasteiger partial charge in [-0.2, -0.15) is 12.8 Å². The molecule has 0 saturated heterocycles. The smallest absolute Gasteiger partial charge is 0.330 e. The van der Waals surface area contributed by atoms with E-state index in [1.54, 1.807) is 30.3 Å². The molecule has 8 heteroatoms. The molecule has 0 spiro atoms. The molecule has 0 aliphatic rings. The van der Waals surface area contributed by atoms with Crippen LogP contribution in [0.1, 0.15) is 12.5 Å². The van der Waals surface area contributed by atoms with Crippen LogP contribution in [0.3, 0.4) is 0 Å². The predicted molar refractivity (Wildman–Crippen MR) is 69.5 cm³/mol. The lowest BCUT2D eigenvalue weighted by Gasteiger charge is -2.04. The lowest BCUT2D eigenvalue weighted by atomic mass is 10.1. The highest BCUT2D eigenvalue weighted by Crippen LogP contribution is 2.05. The zero-order valence-electron chi connectivity index (χ0n) is 9.98. The normalized spacial score (nSPS) is 10.6. The number of carboxylic acids is 1. The van der Waals surface area contributed by atoms with Gasteiger partial charge in [0, 0.05) is 13.3 Å². The fourth-order valence-corrected chi connectivity index (χ4v) is 1.48. The zero-order chi connectivity index (χ0) is 14.8. The van der Waals surface area contributed by atoms with Crippen LogP contribution in [0.15, 0.2) is 34.7 Å². The van der Waals surface area contributed by atoms with Crippen molar-refractivity contribution in [2.75, 3.05) is 0 Å². The highest BCUT2D eigenvalue weighted by Gasteiger charge is 2.17. The van der Waals surface area contributed by atoms with Crippen molar-refractivity contribution in [2.24, 2.45) is 4.36 Å². The Morgan fingerprint density at radius 3 is 2.16 bits per heavy atom. The highest BCUT2D eigenvalue weighted by atomic mass is 35.5. The second kappa shape index (κ2) is 9.23. The highest BCUT2D eigenvalue weighted by molar-refractivity contribution is 7.61. The Balaban J connectivity index is 0.000000711. The number of carboxylic acid groups (broad SMARTS) is 1. The van der Waals surface area contributed by atoms with E-state index in [-0.39, 0.29) is 11.7 Å². The van der Waals surface area contributed by atoms with Crippen LogP contribution < -0.4 is 0 Å². The summed E-state index contributed by atoms with van der Waals surface area (Å²) in [6.07, 6.45) is 0.0736. The van der Waals surface area contributed by atoms with E-state index in [1.807, 2.05) is 0 Å². The van der Waals surface area contributed by atoms with Crippen LogP contribution in [-0.2, 0) is 26.5 Å². The van der Waals surface area contributed by atoms with Crippen LogP contribution in [0, 0.1) is 0 Å². The van der Waals surface area contributed by atoms with Crippen LogP contribution in [-0.4, -0.2) is 30.8 Å². The quantitative estimate of drug-likeness (QED) is 0.850. The Morgan fingerprint density at radius 2 is 1.79 bits per heavy atom. The molecule has 0 heterocycles. The minimum atomic E-state index is -2.70. The first-order chi connectivity index (χ1) is 8.82. The molecule has 1 rings (SSSR count). The van der Waals surface area contributed by atoms with Gasteiger partial charge >= 0.3 is 16.5 Å². The maximum absolute atomic E-state index is 10.7. The molecule has 104 valence electrons. The van der Waals surface area contributed by atoms with Gasteiger partial charge in [-0.1, -0.05) is 30.3 Å². The maximum Gasteiger partial charge on any atom is 0.330 e. The van der Waals surface area contributed by atoms with Gasteiger partial charge in [-0.05, 0) is 17.2 Å². The van der Waals surface area contributed by atoms with Gasteiger partial charge in [0.05, 0.1) is 0 Å². The molecule has 0 aliphatic heterocycles. The van der Waals surface area contributed by atoms with E-state index < -0.39 is 22.5 Å².